The van der Waals surface area contributed by atoms with Gasteiger partial charge in [-0.05, 0) is 108 Å². The summed E-state index contributed by atoms with van der Waals surface area (Å²) in [5, 5.41) is 50.1. The number of aliphatic hydroxyl groups is 1. The minimum atomic E-state index is -1.58. The van der Waals surface area contributed by atoms with Crippen molar-refractivity contribution in [3.8, 4) is 0 Å². The van der Waals surface area contributed by atoms with Crippen LogP contribution in [0.15, 0.2) is 42.5 Å². The zero-order valence-corrected chi connectivity index (χ0v) is 45.6. The quantitative estimate of drug-likeness (QED) is 0.0175. The maximum Gasteiger partial charge on any atom is 0.408 e. The van der Waals surface area contributed by atoms with Gasteiger partial charge in [0.2, 0.25) is 35.4 Å². The summed E-state index contributed by atoms with van der Waals surface area (Å²) in [5.41, 5.74) is 11.7. The molecule has 8 amide bonds. The molecule has 79 heavy (non-hydrogen) atoms. The second-order valence-corrected chi connectivity index (χ2v) is 19.1. The fourth-order valence-electron chi connectivity index (χ4n) is 7.77. The molecular formula is C52H86N12O15. The molecule has 444 valence electrons. The van der Waals surface area contributed by atoms with Crippen LogP contribution in [0.3, 0.4) is 0 Å². The van der Waals surface area contributed by atoms with Crippen LogP contribution in [0.4, 0.5) is 9.59 Å². The van der Waals surface area contributed by atoms with E-state index in [0.717, 1.165) is 32.1 Å². The lowest BCUT2D eigenvalue weighted by Crippen LogP contribution is -2.59. The minimum absolute atomic E-state index is 0.00959. The lowest BCUT2D eigenvalue weighted by Gasteiger charge is -2.26. The molecule has 0 spiro atoms. The number of nitrogens with one attached hydrogen (secondary N) is 10. The molecule has 0 bridgehead atoms. The number of ether oxygens (including phenoxy) is 4. The van der Waals surface area contributed by atoms with Gasteiger partial charge in [-0.15, -0.1) is 0 Å². The van der Waals surface area contributed by atoms with Crippen LogP contribution in [0.5, 0.6) is 0 Å². The van der Waals surface area contributed by atoms with E-state index in [-0.39, 0.29) is 96.1 Å². The first-order valence-corrected chi connectivity index (χ1v) is 27.0. The van der Waals surface area contributed by atoms with Crippen molar-refractivity contribution in [2.75, 3.05) is 65.8 Å². The number of carboxylic acid groups (broad SMARTS) is 1. The Labute approximate surface area is 461 Å². The molecule has 1 aliphatic rings. The number of carbonyl (C=O) groups is 9. The monoisotopic (exact) mass is 1120 g/mol. The Balaban J connectivity index is 1.80. The summed E-state index contributed by atoms with van der Waals surface area (Å²) in [7, 11) is 0. The van der Waals surface area contributed by atoms with Gasteiger partial charge in [0.1, 0.15) is 49.5 Å². The molecule has 27 nitrogen and oxygen atoms in total. The van der Waals surface area contributed by atoms with Crippen LogP contribution < -0.4 is 59.3 Å². The second kappa shape index (κ2) is 41.0. The molecule has 0 aliphatic heterocycles. The van der Waals surface area contributed by atoms with Crippen LogP contribution in [0.2, 0.25) is 0 Å². The van der Waals surface area contributed by atoms with E-state index >= 15 is 0 Å². The van der Waals surface area contributed by atoms with E-state index in [0.29, 0.717) is 37.8 Å². The first-order chi connectivity index (χ1) is 37.9. The summed E-state index contributed by atoms with van der Waals surface area (Å²) >= 11 is 0. The van der Waals surface area contributed by atoms with Crippen molar-refractivity contribution in [1.82, 2.24) is 47.9 Å². The summed E-state index contributed by atoms with van der Waals surface area (Å²) in [4.78, 5) is 116. The van der Waals surface area contributed by atoms with Crippen molar-refractivity contribution >= 4 is 59.6 Å². The van der Waals surface area contributed by atoms with Crippen LogP contribution >= 0.6 is 0 Å². The van der Waals surface area contributed by atoms with Gasteiger partial charge in [0.05, 0.1) is 33.0 Å². The van der Waals surface area contributed by atoms with E-state index in [1.165, 1.54) is 0 Å². The number of hydrogen-bond acceptors (Lipinski definition) is 16. The number of rotatable bonds is 39. The van der Waals surface area contributed by atoms with Crippen molar-refractivity contribution in [1.29, 1.82) is 5.41 Å². The van der Waals surface area contributed by atoms with Gasteiger partial charge in [-0.2, -0.15) is 0 Å². The second-order valence-electron chi connectivity index (χ2n) is 19.1. The summed E-state index contributed by atoms with van der Waals surface area (Å²) in [6, 6.07) is 2.42. The zero-order chi connectivity index (χ0) is 58.2. The average molecular weight is 1120 g/mol. The molecule has 0 fully saturated rings. The highest BCUT2D eigenvalue weighted by Gasteiger charge is 2.32. The van der Waals surface area contributed by atoms with Gasteiger partial charge in [-0.1, -0.05) is 56.3 Å². The fourth-order valence-corrected chi connectivity index (χ4v) is 7.77. The Morgan fingerprint density at radius 2 is 1.28 bits per heavy atom. The van der Waals surface area contributed by atoms with Crippen molar-refractivity contribution in [2.45, 2.75) is 147 Å². The fraction of sp³-hybridized carbons (Fsp3) is 0.654. The Morgan fingerprint density at radius 1 is 0.646 bits per heavy atom. The number of aliphatic hydroxyl groups excluding tert-OH is 1. The highest BCUT2D eigenvalue weighted by molar-refractivity contribution is 5.96. The van der Waals surface area contributed by atoms with Crippen molar-refractivity contribution < 1.29 is 72.3 Å². The molecule has 1 aliphatic carbocycles. The first kappa shape index (κ1) is 68.0. The normalized spacial score (nSPS) is 15.4. The third kappa shape index (κ3) is 32.4. The van der Waals surface area contributed by atoms with E-state index in [9.17, 15) is 53.4 Å². The van der Waals surface area contributed by atoms with Gasteiger partial charge in [-0.3, -0.25) is 34.2 Å². The standard InChI is InChI=1S/C52H86N12O15/c1-35(2)30-41(45(68)59-31-43(66)56-26-27-76-28-29-77-34-44(67)60-40(49(72)73)21-12-14-24-58-51(74)79-37-18-9-4-3-5-10-19-37)62-46(69)38(20-11-13-23-53)61-48(71)42(32-65)63-47(70)39(22-15-25-57-50(54)55)64-52(75)78-33-36-16-7-6-8-17-36/h3-4,6-8,16-17,35,37-42,65H,5,9-15,18-34,53H2,1-2H3,(H,56,66)(H,58,74)(H,59,68)(H,60,67)(H,61,71)(H,62,69)(H,63,70)(H,64,75)(H,72,73)(H4,54,55,57)/b4-3+/t37-,38+,39+,40+,41+,42+/m1/s1. The number of allylic oxidation sites excluding steroid dienone is 2. The summed E-state index contributed by atoms with van der Waals surface area (Å²) in [5.74, 6) is -6.04. The molecule has 0 saturated carbocycles. The number of guanidine groups is 1. The molecule has 0 aromatic heterocycles. The number of unbranched alkanes of at least 4 members (excludes halogenated alkanes) is 2. The minimum Gasteiger partial charge on any atom is -0.480 e. The summed E-state index contributed by atoms with van der Waals surface area (Å²) in [6.45, 7) is 2.67. The number of benzene rings is 1. The van der Waals surface area contributed by atoms with E-state index in [1.54, 1.807) is 30.3 Å². The van der Waals surface area contributed by atoms with Crippen LogP contribution in [-0.4, -0.2) is 172 Å². The number of amides is 8. The van der Waals surface area contributed by atoms with E-state index < -0.39 is 104 Å². The van der Waals surface area contributed by atoms with E-state index in [2.05, 4.69) is 60.0 Å². The Bertz CT molecular complexity index is 2070. The van der Waals surface area contributed by atoms with Gasteiger partial charge in [-0.25, -0.2) is 14.4 Å². The highest BCUT2D eigenvalue weighted by Crippen LogP contribution is 2.16. The van der Waals surface area contributed by atoms with Crippen molar-refractivity contribution in [3.63, 3.8) is 0 Å². The number of carboxylic acids is 1. The molecule has 0 unspecified atom stereocenters. The number of nitrogens with two attached hydrogens (primary N) is 2. The maximum absolute atomic E-state index is 13.8. The van der Waals surface area contributed by atoms with Crippen molar-refractivity contribution in [2.24, 2.45) is 17.4 Å². The molecule has 1 aromatic carbocycles. The largest absolute Gasteiger partial charge is 0.480 e. The predicted molar refractivity (Wildman–Crippen MR) is 290 cm³/mol. The number of alkyl carbamates (subject to hydrolysis) is 2. The molecule has 0 radical (unpaired) electrons. The van der Waals surface area contributed by atoms with Crippen LogP contribution in [0.1, 0.15) is 109 Å². The topological polar surface area (TPSA) is 415 Å². The third-order valence-corrected chi connectivity index (χ3v) is 12.0. The smallest absolute Gasteiger partial charge is 0.408 e. The molecule has 2 rings (SSSR count). The summed E-state index contributed by atoms with van der Waals surface area (Å²) < 4.78 is 21.5. The molecule has 6 atom stereocenters. The third-order valence-electron chi connectivity index (χ3n) is 12.0. The van der Waals surface area contributed by atoms with Gasteiger partial charge in [0.25, 0.3) is 0 Å². The molecule has 0 saturated heterocycles. The molecule has 1 aromatic rings. The molecular weight excluding hydrogens is 1030 g/mol. The SMILES string of the molecule is CC(C)C[C@H](NC(=O)[C@H](CCCCN)NC(=O)[C@H](CO)NC(=O)[C@H](CCCNC(=N)N)NC(=O)OCc1ccccc1)C(=O)NCC(=O)NCCOCCOCC(=O)N[C@@H](CCCCNC(=O)O[C@@H]1CC/C=C/CCC1)C(=O)O. The molecule has 0 heterocycles. The maximum atomic E-state index is 13.8. The van der Waals surface area contributed by atoms with Gasteiger partial charge >= 0.3 is 18.2 Å². The Morgan fingerprint density at radius 3 is 1.97 bits per heavy atom. The van der Waals surface area contributed by atoms with Crippen LogP contribution in [0, 0.1) is 11.3 Å². The van der Waals surface area contributed by atoms with Crippen molar-refractivity contribution in [3.05, 3.63) is 48.0 Å². The predicted octanol–water partition coefficient (Wildman–Crippen LogP) is -0.213. The lowest BCUT2D eigenvalue weighted by molar-refractivity contribution is -0.142. The molecule has 27 heteroatoms. The van der Waals surface area contributed by atoms with Gasteiger partial charge < -0.3 is 88.5 Å². The Kier molecular flexibility index (Phi) is 35.3. The number of carbonyl (C=O) groups excluding carboxylic acids is 8. The van der Waals surface area contributed by atoms with E-state index in [4.69, 9.17) is 35.8 Å². The molecule has 16 N–H and O–H groups in total. The zero-order valence-electron chi connectivity index (χ0n) is 45.6. The van der Waals surface area contributed by atoms with Gasteiger partial charge in [0, 0.05) is 19.6 Å². The average Bonchev–Trinajstić information content (AvgIpc) is 3.40. The lowest BCUT2D eigenvalue weighted by atomic mass is 10.0. The van der Waals surface area contributed by atoms with E-state index in [1.807, 2.05) is 13.8 Å². The van der Waals surface area contributed by atoms with Crippen LogP contribution in [-0.2, 0) is 59.1 Å². The highest BCUT2D eigenvalue weighted by atomic mass is 16.6. The first-order valence-electron chi connectivity index (χ1n) is 27.0. The number of hydrogen-bond donors (Lipinski definition) is 14. The van der Waals surface area contributed by atoms with Crippen LogP contribution in [0.25, 0.3) is 0 Å². The van der Waals surface area contributed by atoms with Gasteiger partial charge in [0.15, 0.2) is 5.96 Å². The number of aliphatic carboxylic acids is 1. The summed E-state index contributed by atoms with van der Waals surface area (Å²) in [6.07, 6.45) is 9.37. The Hall–Kier alpha value is -7.10.